The SMILES string of the molecule is CNC(=O)c1ccsc1NC(=O)CN(C)S(C)(=O)=O. The Hall–Kier alpha value is -1.45. The van der Waals surface area contributed by atoms with Crippen LogP contribution in [0.15, 0.2) is 11.4 Å². The van der Waals surface area contributed by atoms with E-state index < -0.39 is 15.9 Å². The highest BCUT2D eigenvalue weighted by Gasteiger charge is 2.18. The lowest BCUT2D eigenvalue weighted by Gasteiger charge is -2.13. The maximum atomic E-state index is 11.7. The highest BCUT2D eigenvalue weighted by molar-refractivity contribution is 7.88. The van der Waals surface area contributed by atoms with Gasteiger partial charge in [-0.2, -0.15) is 4.31 Å². The predicted octanol–water partition coefficient (Wildman–Crippen LogP) is -0.0624. The molecule has 106 valence electrons. The molecule has 0 spiro atoms. The number of likely N-dealkylation sites (N-methyl/N-ethyl adjacent to an activating group) is 1. The predicted molar refractivity (Wildman–Crippen MR) is 73.8 cm³/mol. The van der Waals surface area contributed by atoms with Crippen molar-refractivity contribution < 1.29 is 18.0 Å². The molecule has 1 rings (SSSR count). The third kappa shape index (κ3) is 4.30. The van der Waals surface area contributed by atoms with Crippen LogP contribution in [0.2, 0.25) is 0 Å². The van der Waals surface area contributed by atoms with Crippen molar-refractivity contribution in [3.8, 4) is 0 Å². The van der Waals surface area contributed by atoms with Gasteiger partial charge >= 0.3 is 0 Å². The molecule has 0 aliphatic carbocycles. The van der Waals surface area contributed by atoms with E-state index >= 15 is 0 Å². The smallest absolute Gasteiger partial charge is 0.254 e. The van der Waals surface area contributed by atoms with Gasteiger partial charge in [-0.05, 0) is 11.4 Å². The minimum absolute atomic E-state index is 0.302. The Bertz CT molecular complexity index is 579. The van der Waals surface area contributed by atoms with E-state index in [1.165, 1.54) is 25.4 Å². The number of nitrogens with zero attached hydrogens (tertiary/aromatic N) is 1. The van der Waals surface area contributed by atoms with Gasteiger partial charge in [-0.25, -0.2) is 8.42 Å². The number of thiophene rings is 1. The summed E-state index contributed by atoms with van der Waals surface area (Å²) in [7, 11) is -0.614. The van der Waals surface area contributed by atoms with E-state index in [-0.39, 0.29) is 12.5 Å². The van der Waals surface area contributed by atoms with Gasteiger partial charge in [0.25, 0.3) is 5.91 Å². The molecule has 0 aliphatic rings. The molecule has 0 atom stereocenters. The molecular formula is C10H15N3O4S2. The second kappa shape index (κ2) is 6.13. The lowest BCUT2D eigenvalue weighted by atomic mass is 10.3. The first kappa shape index (κ1) is 15.6. The summed E-state index contributed by atoms with van der Waals surface area (Å²) in [5.41, 5.74) is 0.350. The number of sulfonamides is 1. The quantitative estimate of drug-likeness (QED) is 0.796. The lowest BCUT2D eigenvalue weighted by Crippen LogP contribution is -2.34. The molecule has 1 aromatic heterocycles. The van der Waals surface area contributed by atoms with Crippen molar-refractivity contribution >= 4 is 38.2 Å². The molecular weight excluding hydrogens is 290 g/mol. The van der Waals surface area contributed by atoms with Gasteiger partial charge in [0, 0.05) is 14.1 Å². The third-order valence-electron chi connectivity index (χ3n) is 2.32. The van der Waals surface area contributed by atoms with Crippen LogP contribution < -0.4 is 10.6 Å². The van der Waals surface area contributed by atoms with Crippen molar-refractivity contribution in [3.63, 3.8) is 0 Å². The lowest BCUT2D eigenvalue weighted by molar-refractivity contribution is -0.116. The van der Waals surface area contributed by atoms with Gasteiger partial charge in [0.05, 0.1) is 18.4 Å². The second-order valence-corrected chi connectivity index (χ2v) is 6.82. The average molecular weight is 305 g/mol. The molecule has 1 heterocycles. The molecule has 0 bridgehead atoms. The highest BCUT2D eigenvalue weighted by atomic mass is 32.2. The monoisotopic (exact) mass is 305 g/mol. The molecule has 0 saturated heterocycles. The van der Waals surface area contributed by atoms with Gasteiger partial charge in [0.2, 0.25) is 15.9 Å². The Balaban J connectivity index is 2.73. The van der Waals surface area contributed by atoms with Crippen LogP contribution in [0.1, 0.15) is 10.4 Å². The second-order valence-electron chi connectivity index (χ2n) is 3.81. The number of carbonyl (C=O) groups excluding carboxylic acids is 2. The van der Waals surface area contributed by atoms with Crippen LogP contribution >= 0.6 is 11.3 Å². The molecule has 0 radical (unpaired) electrons. The number of carbonyl (C=O) groups is 2. The van der Waals surface area contributed by atoms with Gasteiger partial charge < -0.3 is 10.6 Å². The zero-order chi connectivity index (χ0) is 14.6. The van der Waals surface area contributed by atoms with Crippen LogP contribution in [0.3, 0.4) is 0 Å². The maximum Gasteiger partial charge on any atom is 0.254 e. The molecule has 0 fully saturated rings. The molecule has 0 saturated carbocycles. The van der Waals surface area contributed by atoms with Crippen LogP contribution in [0.4, 0.5) is 5.00 Å². The van der Waals surface area contributed by atoms with Crippen molar-refractivity contribution in [3.05, 3.63) is 17.0 Å². The molecule has 0 unspecified atom stereocenters. The Morgan fingerprint density at radius 3 is 2.58 bits per heavy atom. The first-order valence-electron chi connectivity index (χ1n) is 5.26. The summed E-state index contributed by atoms with van der Waals surface area (Å²) in [6.45, 7) is -0.302. The largest absolute Gasteiger partial charge is 0.355 e. The summed E-state index contributed by atoms with van der Waals surface area (Å²) in [4.78, 5) is 23.2. The summed E-state index contributed by atoms with van der Waals surface area (Å²) in [6, 6.07) is 1.58. The Kier molecular flexibility index (Phi) is 5.04. The highest BCUT2D eigenvalue weighted by Crippen LogP contribution is 2.22. The summed E-state index contributed by atoms with van der Waals surface area (Å²) in [5.74, 6) is -0.812. The summed E-state index contributed by atoms with van der Waals surface area (Å²) >= 11 is 1.20. The van der Waals surface area contributed by atoms with Gasteiger partial charge in [-0.3, -0.25) is 9.59 Å². The van der Waals surface area contributed by atoms with E-state index in [1.807, 2.05) is 0 Å². The first-order valence-corrected chi connectivity index (χ1v) is 7.99. The maximum absolute atomic E-state index is 11.7. The number of anilines is 1. The molecule has 7 nitrogen and oxygen atoms in total. The van der Waals surface area contributed by atoms with Gasteiger partial charge in [0.15, 0.2) is 0 Å². The van der Waals surface area contributed by atoms with Crippen molar-refractivity contribution in [2.24, 2.45) is 0 Å². The third-order valence-corrected chi connectivity index (χ3v) is 4.41. The first-order chi connectivity index (χ1) is 8.75. The number of hydrogen-bond acceptors (Lipinski definition) is 5. The van der Waals surface area contributed by atoms with E-state index in [0.717, 1.165) is 10.6 Å². The molecule has 0 aromatic carbocycles. The topological polar surface area (TPSA) is 95.6 Å². The van der Waals surface area contributed by atoms with Crippen LogP contribution in [-0.2, 0) is 14.8 Å². The minimum atomic E-state index is -3.41. The summed E-state index contributed by atoms with van der Waals surface area (Å²) in [6.07, 6.45) is 1.02. The number of nitrogens with one attached hydrogen (secondary N) is 2. The van der Waals surface area contributed by atoms with Crippen LogP contribution in [0.25, 0.3) is 0 Å². The van der Waals surface area contributed by atoms with E-state index in [0.29, 0.717) is 10.6 Å². The molecule has 2 amide bonds. The average Bonchev–Trinajstić information content (AvgIpc) is 2.74. The standard InChI is InChI=1S/C10H15N3O4S2/c1-11-9(15)7-4-5-18-10(7)12-8(14)6-13(2)19(3,16)17/h4-5H,6H2,1-3H3,(H,11,15)(H,12,14). The van der Waals surface area contributed by atoms with E-state index in [4.69, 9.17) is 0 Å². The molecule has 19 heavy (non-hydrogen) atoms. The van der Waals surface area contributed by atoms with Crippen molar-refractivity contribution in [1.82, 2.24) is 9.62 Å². The van der Waals surface area contributed by atoms with Crippen molar-refractivity contribution in [2.45, 2.75) is 0 Å². The van der Waals surface area contributed by atoms with Crippen molar-refractivity contribution in [1.29, 1.82) is 0 Å². The van der Waals surface area contributed by atoms with Gasteiger partial charge in [-0.1, -0.05) is 0 Å². The van der Waals surface area contributed by atoms with E-state index in [1.54, 1.807) is 11.4 Å². The van der Waals surface area contributed by atoms with Crippen LogP contribution in [-0.4, -0.2) is 51.4 Å². The fourth-order valence-electron chi connectivity index (χ4n) is 1.21. The zero-order valence-electron chi connectivity index (χ0n) is 10.8. The number of hydrogen-bond donors (Lipinski definition) is 2. The summed E-state index contributed by atoms with van der Waals surface area (Å²) < 4.78 is 23.3. The minimum Gasteiger partial charge on any atom is -0.355 e. The Labute approximate surface area is 115 Å². The van der Waals surface area contributed by atoms with Gasteiger partial charge in [0.1, 0.15) is 5.00 Å². The Morgan fingerprint density at radius 2 is 2.05 bits per heavy atom. The van der Waals surface area contributed by atoms with Crippen LogP contribution in [0, 0.1) is 0 Å². The molecule has 0 aliphatic heterocycles. The fourth-order valence-corrected chi connectivity index (χ4v) is 2.36. The molecule has 1 aromatic rings. The number of amides is 2. The normalized spacial score (nSPS) is 11.4. The molecule has 9 heteroatoms. The van der Waals surface area contributed by atoms with E-state index in [9.17, 15) is 18.0 Å². The molecule has 2 N–H and O–H groups in total. The fraction of sp³-hybridized carbons (Fsp3) is 0.400. The summed E-state index contributed by atoms with van der Waals surface area (Å²) in [5, 5.41) is 7.04. The number of rotatable bonds is 5. The Morgan fingerprint density at radius 1 is 1.42 bits per heavy atom. The zero-order valence-corrected chi connectivity index (χ0v) is 12.4. The van der Waals surface area contributed by atoms with Crippen molar-refractivity contribution in [2.75, 3.05) is 32.2 Å². The van der Waals surface area contributed by atoms with Gasteiger partial charge in [-0.15, -0.1) is 11.3 Å². The van der Waals surface area contributed by atoms with E-state index in [2.05, 4.69) is 10.6 Å². The van der Waals surface area contributed by atoms with Crippen LogP contribution in [0.5, 0.6) is 0 Å².